The largest absolute Gasteiger partial charge is 0.618 e. The summed E-state index contributed by atoms with van der Waals surface area (Å²) in [6.07, 6.45) is 0.861. The highest BCUT2D eigenvalue weighted by Gasteiger charge is 2.05. The lowest BCUT2D eigenvalue weighted by Crippen LogP contribution is -2.32. The molecule has 0 bridgehead atoms. The molecule has 2 rings (SSSR count). The van der Waals surface area contributed by atoms with Crippen molar-refractivity contribution in [3.8, 4) is 0 Å². The molecule has 2 aromatic rings. The minimum atomic E-state index is -0.548. The number of nitrogens with zero attached hydrogens (tertiary/aromatic N) is 1. The summed E-state index contributed by atoms with van der Waals surface area (Å²) in [4.78, 5) is 13.2. The van der Waals surface area contributed by atoms with Crippen LogP contribution in [-0.4, -0.2) is 4.98 Å². The number of hydrogen-bond donors (Lipinski definition) is 1. The van der Waals surface area contributed by atoms with E-state index < -0.39 is 11.4 Å². The molecule has 0 unspecified atom stereocenters. The van der Waals surface area contributed by atoms with Crippen molar-refractivity contribution in [3.05, 3.63) is 45.8 Å². The molecule has 0 spiro atoms. The highest BCUT2D eigenvalue weighted by atomic mass is 19.1. The number of rotatable bonds is 0. The van der Waals surface area contributed by atoms with Crippen molar-refractivity contribution < 1.29 is 9.12 Å². The Morgan fingerprint density at radius 2 is 2.23 bits per heavy atom. The van der Waals surface area contributed by atoms with Gasteiger partial charge in [-0.1, -0.05) is 0 Å². The van der Waals surface area contributed by atoms with Gasteiger partial charge in [0, 0.05) is 12.1 Å². The predicted octanol–water partition coefficient (Wildman–Crippen LogP) is 0.301. The normalized spacial score (nSPS) is 10.5. The molecule has 0 aliphatic rings. The third kappa shape index (κ3) is 1.24. The van der Waals surface area contributed by atoms with Crippen molar-refractivity contribution in [2.75, 3.05) is 0 Å². The van der Waals surface area contributed by atoms with Gasteiger partial charge in [0.1, 0.15) is 11.3 Å². The number of halogens is 1. The minimum absolute atomic E-state index is 0.197. The first-order valence-corrected chi connectivity index (χ1v) is 3.58. The monoisotopic (exact) mass is 180 g/mol. The summed E-state index contributed by atoms with van der Waals surface area (Å²) in [5.41, 5.74) is -0.114. The Bertz CT molecular complexity index is 521. The van der Waals surface area contributed by atoms with Crippen LogP contribution in [0, 0.1) is 11.0 Å². The third-order valence-electron chi connectivity index (χ3n) is 1.69. The zero-order valence-corrected chi connectivity index (χ0v) is 6.45. The standard InChI is InChI=1S/C8H5FN2O2/c9-5-1-2-7-6(3-5)10-8(12)4-11(7)13/h1-4H,(H,10,12). The quantitative estimate of drug-likeness (QED) is 0.468. The van der Waals surface area contributed by atoms with E-state index in [2.05, 4.69) is 4.98 Å². The van der Waals surface area contributed by atoms with Crippen molar-refractivity contribution in [1.29, 1.82) is 0 Å². The molecule has 1 aromatic heterocycles. The van der Waals surface area contributed by atoms with E-state index in [1.165, 1.54) is 6.07 Å². The fraction of sp³-hybridized carbons (Fsp3) is 0. The SMILES string of the molecule is O=c1c[n+]([O-])c2ccc(F)cc2[nH]1. The fourth-order valence-corrected chi connectivity index (χ4v) is 1.14. The van der Waals surface area contributed by atoms with Gasteiger partial charge in [0.2, 0.25) is 11.7 Å². The molecule has 4 nitrogen and oxygen atoms in total. The highest BCUT2D eigenvalue weighted by molar-refractivity contribution is 5.70. The Morgan fingerprint density at radius 1 is 1.46 bits per heavy atom. The van der Waals surface area contributed by atoms with Gasteiger partial charge < -0.3 is 10.2 Å². The van der Waals surface area contributed by atoms with Crippen molar-refractivity contribution in [3.63, 3.8) is 0 Å². The number of aromatic nitrogens is 2. The molecule has 0 saturated carbocycles. The van der Waals surface area contributed by atoms with Crippen molar-refractivity contribution in [2.24, 2.45) is 0 Å². The molecule has 5 heteroatoms. The molecule has 1 N–H and O–H groups in total. The zero-order chi connectivity index (χ0) is 9.42. The molecule has 0 saturated heterocycles. The Labute approximate surface area is 71.8 Å². The molecular weight excluding hydrogens is 175 g/mol. The van der Waals surface area contributed by atoms with Gasteiger partial charge in [-0.25, -0.2) is 4.39 Å². The second-order valence-corrected chi connectivity index (χ2v) is 2.61. The third-order valence-corrected chi connectivity index (χ3v) is 1.69. The molecule has 13 heavy (non-hydrogen) atoms. The second-order valence-electron chi connectivity index (χ2n) is 2.61. The maximum Gasteiger partial charge on any atom is 0.314 e. The Hall–Kier alpha value is -1.91. The first-order chi connectivity index (χ1) is 6.16. The van der Waals surface area contributed by atoms with E-state index in [1.807, 2.05) is 0 Å². The number of H-pyrrole nitrogens is 1. The molecule has 66 valence electrons. The smallest absolute Gasteiger partial charge is 0.314 e. The van der Waals surface area contributed by atoms with Crippen LogP contribution < -0.4 is 10.3 Å². The average molecular weight is 180 g/mol. The van der Waals surface area contributed by atoms with Crippen LogP contribution in [0.15, 0.2) is 29.2 Å². The van der Waals surface area contributed by atoms with Crippen LogP contribution in [0.1, 0.15) is 0 Å². The fourth-order valence-electron chi connectivity index (χ4n) is 1.14. The lowest BCUT2D eigenvalue weighted by atomic mass is 10.3. The summed E-state index contributed by atoms with van der Waals surface area (Å²) in [5, 5.41) is 11.1. The van der Waals surface area contributed by atoms with Crippen LogP contribution in [0.25, 0.3) is 11.0 Å². The van der Waals surface area contributed by atoms with E-state index in [-0.39, 0.29) is 11.0 Å². The summed E-state index contributed by atoms with van der Waals surface area (Å²) in [6, 6.07) is 3.58. The van der Waals surface area contributed by atoms with Gasteiger partial charge >= 0.3 is 5.56 Å². The van der Waals surface area contributed by atoms with Crippen molar-refractivity contribution >= 4 is 11.0 Å². The number of fused-ring (bicyclic) bond motifs is 1. The molecule has 0 radical (unpaired) electrons. The number of nitrogens with one attached hydrogen (secondary N) is 1. The van der Waals surface area contributed by atoms with E-state index >= 15 is 0 Å². The Morgan fingerprint density at radius 3 is 3.00 bits per heavy atom. The summed E-state index contributed by atoms with van der Waals surface area (Å²) in [6.45, 7) is 0. The number of aromatic amines is 1. The molecule has 0 aliphatic carbocycles. The molecule has 0 fully saturated rings. The lowest BCUT2D eigenvalue weighted by Gasteiger charge is -1.99. The topological polar surface area (TPSA) is 59.8 Å². The lowest BCUT2D eigenvalue weighted by molar-refractivity contribution is -0.578. The number of hydrogen-bond acceptors (Lipinski definition) is 2. The summed E-state index contributed by atoms with van der Waals surface area (Å²) >= 11 is 0. The van der Waals surface area contributed by atoms with Crippen LogP contribution in [0.4, 0.5) is 4.39 Å². The van der Waals surface area contributed by atoms with Gasteiger partial charge in [-0.3, -0.25) is 4.79 Å². The van der Waals surface area contributed by atoms with E-state index in [0.29, 0.717) is 4.73 Å². The van der Waals surface area contributed by atoms with Crippen LogP contribution in [-0.2, 0) is 0 Å². The second kappa shape index (κ2) is 2.55. The maximum atomic E-state index is 12.7. The summed E-state index contributed by atoms with van der Waals surface area (Å²) in [5.74, 6) is -0.491. The highest BCUT2D eigenvalue weighted by Crippen LogP contribution is 2.06. The van der Waals surface area contributed by atoms with Gasteiger partial charge in [-0.05, 0) is 6.07 Å². The van der Waals surface area contributed by atoms with Crippen molar-refractivity contribution in [1.82, 2.24) is 4.98 Å². The van der Waals surface area contributed by atoms with Crippen LogP contribution in [0.3, 0.4) is 0 Å². The predicted molar refractivity (Wildman–Crippen MR) is 43.5 cm³/mol. The van der Waals surface area contributed by atoms with E-state index in [0.717, 1.165) is 18.3 Å². The first kappa shape index (κ1) is 7.72. The molecule has 1 heterocycles. The minimum Gasteiger partial charge on any atom is -0.618 e. The van der Waals surface area contributed by atoms with Gasteiger partial charge in [-0.15, -0.1) is 0 Å². The van der Waals surface area contributed by atoms with E-state index in [9.17, 15) is 14.4 Å². The van der Waals surface area contributed by atoms with Crippen LogP contribution in [0.5, 0.6) is 0 Å². The summed E-state index contributed by atoms with van der Waals surface area (Å²) < 4.78 is 13.1. The van der Waals surface area contributed by atoms with E-state index in [4.69, 9.17) is 0 Å². The van der Waals surface area contributed by atoms with Gasteiger partial charge in [0.15, 0.2) is 0 Å². The first-order valence-electron chi connectivity index (χ1n) is 3.58. The molecular formula is C8H5FN2O2. The molecule has 0 amide bonds. The zero-order valence-electron chi connectivity index (χ0n) is 6.45. The average Bonchev–Trinajstić information content (AvgIpc) is 2.02. The summed E-state index contributed by atoms with van der Waals surface area (Å²) in [7, 11) is 0. The molecule has 0 atom stereocenters. The molecule has 0 aliphatic heterocycles. The Kier molecular flexibility index (Phi) is 1.51. The number of benzene rings is 1. The van der Waals surface area contributed by atoms with Crippen LogP contribution in [0.2, 0.25) is 0 Å². The van der Waals surface area contributed by atoms with Gasteiger partial charge in [0.25, 0.3) is 0 Å². The van der Waals surface area contributed by atoms with Gasteiger partial charge in [0.05, 0.1) is 0 Å². The van der Waals surface area contributed by atoms with Crippen LogP contribution >= 0.6 is 0 Å². The van der Waals surface area contributed by atoms with Gasteiger partial charge in [-0.2, -0.15) is 4.73 Å². The van der Waals surface area contributed by atoms with Crippen molar-refractivity contribution in [2.45, 2.75) is 0 Å². The van der Waals surface area contributed by atoms with E-state index in [1.54, 1.807) is 0 Å². The molecule has 1 aromatic carbocycles. The Balaban J connectivity index is 2.94. The maximum absolute atomic E-state index is 12.7.